The zero-order valence-corrected chi connectivity index (χ0v) is 10.3. The quantitative estimate of drug-likeness (QED) is 0.931. The third-order valence-corrected chi connectivity index (χ3v) is 2.90. The lowest BCUT2D eigenvalue weighted by molar-refractivity contribution is 0.0691. The highest BCUT2D eigenvalue weighted by Gasteiger charge is 2.14. The molecule has 94 valence electrons. The van der Waals surface area contributed by atoms with Crippen LogP contribution in [0, 0.1) is 12.7 Å². The summed E-state index contributed by atoms with van der Waals surface area (Å²) < 4.78 is 15.3. The molecule has 2 aromatic rings. The van der Waals surface area contributed by atoms with Crippen LogP contribution in [0.25, 0.3) is 0 Å². The maximum absolute atomic E-state index is 13.9. The van der Waals surface area contributed by atoms with E-state index in [9.17, 15) is 9.18 Å². The summed E-state index contributed by atoms with van der Waals surface area (Å²) in [6, 6.07) is 4.25. The largest absolute Gasteiger partial charge is 0.478 e. The molecule has 4 nitrogen and oxygen atoms in total. The Balaban J connectivity index is 2.35. The zero-order chi connectivity index (χ0) is 13.3. The summed E-state index contributed by atoms with van der Waals surface area (Å²) >= 11 is 5.85. The number of carboxylic acid groups (broad SMARTS) is 1. The number of carbonyl (C=O) groups is 1. The van der Waals surface area contributed by atoms with Gasteiger partial charge in [-0.3, -0.25) is 4.68 Å². The molecule has 0 amide bonds. The summed E-state index contributed by atoms with van der Waals surface area (Å²) in [6.07, 6.45) is 1.57. The van der Waals surface area contributed by atoms with Crippen molar-refractivity contribution in [2.24, 2.45) is 0 Å². The van der Waals surface area contributed by atoms with Gasteiger partial charge in [-0.05, 0) is 13.0 Å². The first-order valence-corrected chi connectivity index (χ1v) is 5.57. The van der Waals surface area contributed by atoms with Crippen LogP contribution >= 0.6 is 11.6 Å². The van der Waals surface area contributed by atoms with Crippen LogP contribution in [0.1, 0.15) is 21.6 Å². The molecule has 0 unspecified atom stereocenters. The van der Waals surface area contributed by atoms with E-state index in [1.165, 1.54) is 22.9 Å². The monoisotopic (exact) mass is 268 g/mol. The Kier molecular flexibility index (Phi) is 3.34. The maximum Gasteiger partial charge on any atom is 0.338 e. The van der Waals surface area contributed by atoms with Crippen LogP contribution in [0.5, 0.6) is 0 Å². The van der Waals surface area contributed by atoms with Gasteiger partial charge in [0.1, 0.15) is 5.82 Å². The molecule has 1 aromatic carbocycles. The molecule has 1 heterocycles. The average molecular weight is 269 g/mol. The molecular formula is C12H10ClFN2O2. The minimum atomic E-state index is -1.29. The number of halogens is 2. The van der Waals surface area contributed by atoms with Gasteiger partial charge in [-0.15, -0.1) is 0 Å². The third kappa shape index (κ3) is 2.36. The van der Waals surface area contributed by atoms with Crippen LogP contribution in [0.2, 0.25) is 5.02 Å². The number of hydrogen-bond acceptors (Lipinski definition) is 2. The minimum Gasteiger partial charge on any atom is -0.478 e. The van der Waals surface area contributed by atoms with Crippen LogP contribution in [0.15, 0.2) is 24.4 Å². The number of benzene rings is 1. The standard InChI is InChI=1S/C12H10ClFN2O2/c1-7-10(13)6-16(15-7)5-8-3-2-4-9(11(8)14)12(17)18/h2-4,6H,5H2,1H3,(H,17,18). The van der Waals surface area contributed by atoms with E-state index in [2.05, 4.69) is 5.10 Å². The molecule has 0 fully saturated rings. The summed E-state index contributed by atoms with van der Waals surface area (Å²) in [6.45, 7) is 1.88. The van der Waals surface area contributed by atoms with Crippen LogP contribution < -0.4 is 0 Å². The Morgan fingerprint density at radius 2 is 2.28 bits per heavy atom. The maximum atomic E-state index is 13.9. The predicted octanol–water partition coefficient (Wildman–Crippen LogP) is 2.73. The van der Waals surface area contributed by atoms with Crippen LogP contribution in [0.3, 0.4) is 0 Å². The Morgan fingerprint density at radius 3 is 2.83 bits per heavy atom. The summed E-state index contributed by atoms with van der Waals surface area (Å²) in [7, 11) is 0. The van der Waals surface area contributed by atoms with Gasteiger partial charge in [-0.25, -0.2) is 9.18 Å². The number of rotatable bonds is 3. The Bertz CT molecular complexity index is 591. The van der Waals surface area contributed by atoms with E-state index in [-0.39, 0.29) is 17.7 Å². The second kappa shape index (κ2) is 4.78. The SMILES string of the molecule is Cc1nn(Cc2cccc(C(=O)O)c2F)cc1Cl. The molecule has 0 spiro atoms. The fourth-order valence-corrected chi connectivity index (χ4v) is 1.77. The molecule has 0 aliphatic carbocycles. The summed E-state index contributed by atoms with van der Waals surface area (Å²) in [5, 5.41) is 13.4. The van der Waals surface area contributed by atoms with E-state index in [0.29, 0.717) is 10.7 Å². The van der Waals surface area contributed by atoms with E-state index < -0.39 is 11.8 Å². The van der Waals surface area contributed by atoms with Crippen molar-refractivity contribution in [1.29, 1.82) is 0 Å². The molecule has 1 aromatic heterocycles. The first-order valence-electron chi connectivity index (χ1n) is 5.19. The third-order valence-electron chi connectivity index (χ3n) is 2.53. The number of aryl methyl sites for hydroxylation is 1. The lowest BCUT2D eigenvalue weighted by Gasteiger charge is -2.05. The van der Waals surface area contributed by atoms with Crippen molar-refractivity contribution < 1.29 is 14.3 Å². The highest BCUT2D eigenvalue weighted by Crippen LogP contribution is 2.17. The Morgan fingerprint density at radius 1 is 1.56 bits per heavy atom. The number of aromatic nitrogens is 2. The average Bonchev–Trinajstić information content (AvgIpc) is 2.60. The van der Waals surface area contributed by atoms with Gasteiger partial charge in [0.15, 0.2) is 0 Å². The molecule has 0 aliphatic rings. The van der Waals surface area contributed by atoms with Gasteiger partial charge >= 0.3 is 5.97 Å². The van der Waals surface area contributed by atoms with Crippen molar-refractivity contribution >= 4 is 17.6 Å². The lowest BCUT2D eigenvalue weighted by atomic mass is 10.1. The van der Waals surface area contributed by atoms with E-state index >= 15 is 0 Å². The molecule has 0 radical (unpaired) electrons. The van der Waals surface area contributed by atoms with Crippen molar-refractivity contribution in [2.45, 2.75) is 13.5 Å². The van der Waals surface area contributed by atoms with Gasteiger partial charge in [-0.2, -0.15) is 5.10 Å². The molecule has 2 rings (SSSR count). The summed E-state index contributed by atoms with van der Waals surface area (Å²) in [5.74, 6) is -2.03. The number of nitrogens with zero attached hydrogens (tertiary/aromatic N) is 2. The van der Waals surface area contributed by atoms with Crippen LogP contribution in [0.4, 0.5) is 4.39 Å². The normalized spacial score (nSPS) is 10.6. The predicted molar refractivity (Wildman–Crippen MR) is 64.4 cm³/mol. The van der Waals surface area contributed by atoms with Crippen molar-refractivity contribution in [3.63, 3.8) is 0 Å². The molecule has 6 heteroatoms. The zero-order valence-electron chi connectivity index (χ0n) is 9.52. The van der Waals surface area contributed by atoms with Crippen LogP contribution in [-0.4, -0.2) is 20.9 Å². The molecule has 0 saturated heterocycles. The molecule has 0 bridgehead atoms. The molecule has 0 saturated carbocycles. The van der Waals surface area contributed by atoms with E-state index in [4.69, 9.17) is 16.7 Å². The first kappa shape index (κ1) is 12.6. The molecule has 0 aliphatic heterocycles. The lowest BCUT2D eigenvalue weighted by Crippen LogP contribution is -2.07. The first-order chi connectivity index (χ1) is 8.49. The van der Waals surface area contributed by atoms with Gasteiger partial charge < -0.3 is 5.11 Å². The minimum absolute atomic E-state index is 0.139. The van der Waals surface area contributed by atoms with E-state index in [1.54, 1.807) is 13.1 Å². The van der Waals surface area contributed by atoms with Gasteiger partial charge in [0.25, 0.3) is 0 Å². The highest BCUT2D eigenvalue weighted by molar-refractivity contribution is 6.31. The fraction of sp³-hybridized carbons (Fsp3) is 0.167. The van der Waals surface area contributed by atoms with Crippen molar-refractivity contribution in [3.8, 4) is 0 Å². The Hall–Kier alpha value is -1.88. The fourth-order valence-electron chi connectivity index (χ4n) is 1.62. The summed E-state index contributed by atoms with van der Waals surface area (Å²) in [5.41, 5.74) is 0.558. The van der Waals surface area contributed by atoms with Gasteiger partial charge in [0, 0.05) is 11.8 Å². The second-order valence-corrected chi connectivity index (χ2v) is 4.25. The highest BCUT2D eigenvalue weighted by atomic mass is 35.5. The van der Waals surface area contributed by atoms with E-state index in [0.717, 1.165) is 0 Å². The van der Waals surface area contributed by atoms with Crippen LogP contribution in [-0.2, 0) is 6.54 Å². The number of carboxylic acids is 1. The molecular weight excluding hydrogens is 259 g/mol. The van der Waals surface area contributed by atoms with Gasteiger partial charge in [0.2, 0.25) is 0 Å². The van der Waals surface area contributed by atoms with Gasteiger partial charge in [-0.1, -0.05) is 23.7 Å². The topological polar surface area (TPSA) is 55.1 Å². The smallest absolute Gasteiger partial charge is 0.338 e. The van der Waals surface area contributed by atoms with E-state index in [1.807, 2.05) is 0 Å². The molecule has 1 N–H and O–H groups in total. The molecule has 18 heavy (non-hydrogen) atoms. The number of aromatic carboxylic acids is 1. The van der Waals surface area contributed by atoms with Crippen molar-refractivity contribution in [1.82, 2.24) is 9.78 Å². The van der Waals surface area contributed by atoms with Gasteiger partial charge in [0.05, 0.1) is 22.8 Å². The van der Waals surface area contributed by atoms with Crippen molar-refractivity contribution in [2.75, 3.05) is 0 Å². The molecule has 0 atom stereocenters. The second-order valence-electron chi connectivity index (χ2n) is 3.84. The Labute approximate surface area is 108 Å². The van der Waals surface area contributed by atoms with Crippen molar-refractivity contribution in [3.05, 3.63) is 52.1 Å². The summed E-state index contributed by atoms with van der Waals surface area (Å²) in [4.78, 5) is 10.8. The number of hydrogen-bond donors (Lipinski definition) is 1.